The van der Waals surface area contributed by atoms with E-state index in [0.29, 0.717) is 44.8 Å². The Bertz CT molecular complexity index is 1560. The monoisotopic (exact) mass is 550 g/mol. The van der Waals surface area contributed by atoms with Crippen LogP contribution in [0.3, 0.4) is 0 Å². The summed E-state index contributed by atoms with van der Waals surface area (Å²) in [7, 11) is 1.64. The van der Waals surface area contributed by atoms with Crippen LogP contribution in [0.25, 0.3) is 11.0 Å². The number of nitrogens with zero attached hydrogens (tertiary/aromatic N) is 4. The van der Waals surface area contributed by atoms with E-state index in [1.54, 1.807) is 13.2 Å². The lowest BCUT2D eigenvalue weighted by Crippen LogP contribution is -2.48. The third-order valence-corrected chi connectivity index (χ3v) is 8.39. The molecular weight excluding hydrogens is 516 g/mol. The van der Waals surface area contributed by atoms with Crippen molar-refractivity contribution in [2.45, 2.75) is 51.0 Å². The second-order valence-electron chi connectivity index (χ2n) is 11.5. The van der Waals surface area contributed by atoms with Crippen molar-refractivity contribution in [1.29, 1.82) is 5.26 Å². The fourth-order valence-corrected chi connectivity index (χ4v) is 6.51. The molecule has 1 aliphatic carbocycles. The summed E-state index contributed by atoms with van der Waals surface area (Å²) in [6.45, 7) is 2.73. The average Bonchev–Trinajstić information content (AvgIpc) is 3.52. The first kappa shape index (κ1) is 26.9. The summed E-state index contributed by atoms with van der Waals surface area (Å²) in [6, 6.07) is 25.8. The van der Waals surface area contributed by atoms with Crippen molar-refractivity contribution in [2.75, 3.05) is 20.3 Å². The highest BCUT2D eigenvalue weighted by molar-refractivity contribution is 5.77. The lowest BCUT2D eigenvalue weighted by atomic mass is 9.67. The molecule has 2 heterocycles. The van der Waals surface area contributed by atoms with Crippen molar-refractivity contribution in [1.82, 2.24) is 14.5 Å². The summed E-state index contributed by atoms with van der Waals surface area (Å²) in [6.07, 6.45) is 4.96. The van der Waals surface area contributed by atoms with Crippen molar-refractivity contribution in [3.63, 3.8) is 0 Å². The van der Waals surface area contributed by atoms with Gasteiger partial charge in [0.25, 0.3) is 0 Å². The predicted octanol–water partition coefficient (Wildman–Crippen LogP) is 6.08. The van der Waals surface area contributed by atoms with Crippen LogP contribution in [0.15, 0.2) is 79.1 Å². The summed E-state index contributed by atoms with van der Waals surface area (Å²) in [4.78, 5) is 19.6. The van der Waals surface area contributed by atoms with E-state index in [4.69, 9.17) is 14.2 Å². The minimum Gasteiger partial charge on any atom is -0.497 e. The Morgan fingerprint density at radius 2 is 1.88 bits per heavy atom. The molecule has 41 heavy (non-hydrogen) atoms. The molecule has 1 saturated carbocycles. The van der Waals surface area contributed by atoms with Crippen molar-refractivity contribution in [3.05, 3.63) is 95.8 Å². The van der Waals surface area contributed by atoms with Gasteiger partial charge < -0.3 is 18.8 Å². The van der Waals surface area contributed by atoms with Crippen molar-refractivity contribution >= 4 is 17.1 Å². The maximum Gasteiger partial charge on any atom is 0.410 e. The van der Waals surface area contributed by atoms with Crippen molar-refractivity contribution in [2.24, 2.45) is 5.41 Å². The van der Waals surface area contributed by atoms with Gasteiger partial charge in [0.05, 0.1) is 55.9 Å². The van der Waals surface area contributed by atoms with Crippen molar-refractivity contribution in [3.8, 4) is 11.8 Å². The van der Waals surface area contributed by atoms with Gasteiger partial charge in [0.15, 0.2) is 0 Å². The van der Waals surface area contributed by atoms with Crippen molar-refractivity contribution < 1.29 is 19.0 Å². The normalized spacial score (nSPS) is 22.1. The standard InChI is InChI=1S/C33H34N4O4/c1-39-28-11-8-25(9-12-28)18-36-22-33(41-31(36)38)15-5-14-32(20-33,23-40-19-26-6-3-2-4-7-26)21-37-24-35-29-13-10-27(17-34)16-30(29)37/h2-4,6-13,16,24H,5,14-15,18-23H2,1H3/t32-,33+/m1/s1. The SMILES string of the molecule is COc1ccc(CN2C[C@@]3(CCC[C@](COCc4ccccc4)(Cn4cnc5ccc(C#N)cc54)C3)OC2=O)cc1. The molecule has 2 aliphatic rings. The maximum atomic E-state index is 13.1. The Morgan fingerprint density at radius 3 is 2.66 bits per heavy atom. The fourth-order valence-electron chi connectivity index (χ4n) is 6.51. The Kier molecular flexibility index (Phi) is 7.38. The summed E-state index contributed by atoms with van der Waals surface area (Å²) in [5, 5.41) is 9.48. The molecular formula is C33H34N4O4. The van der Waals surface area contributed by atoms with E-state index < -0.39 is 5.60 Å². The predicted molar refractivity (Wildman–Crippen MR) is 154 cm³/mol. The van der Waals surface area contributed by atoms with Crippen LogP contribution in [0.4, 0.5) is 4.79 Å². The molecule has 1 spiro atoms. The number of ether oxygens (including phenoxy) is 3. The van der Waals surface area contributed by atoms with Crippen LogP contribution in [0.1, 0.15) is 42.4 Å². The molecule has 4 aromatic rings. The number of carbonyl (C=O) groups excluding carboxylic acids is 1. The summed E-state index contributed by atoms with van der Waals surface area (Å²) >= 11 is 0. The number of benzene rings is 3. The topological polar surface area (TPSA) is 89.6 Å². The molecule has 0 unspecified atom stereocenters. The van der Waals surface area contributed by atoms with E-state index in [2.05, 4.69) is 27.8 Å². The number of imidazole rings is 1. The lowest BCUT2D eigenvalue weighted by molar-refractivity contribution is -0.0733. The van der Waals surface area contributed by atoms with E-state index in [0.717, 1.165) is 47.2 Å². The molecule has 1 aliphatic heterocycles. The molecule has 0 radical (unpaired) electrons. The fraction of sp³-hybridized carbons (Fsp3) is 0.364. The summed E-state index contributed by atoms with van der Waals surface area (Å²) in [5.41, 5.74) is 3.69. The summed E-state index contributed by atoms with van der Waals surface area (Å²) < 4.78 is 20.0. The van der Waals surface area contributed by atoms with Crippen LogP contribution < -0.4 is 4.74 Å². The molecule has 210 valence electrons. The first-order chi connectivity index (χ1) is 20.0. The van der Waals surface area contributed by atoms with E-state index in [1.165, 1.54) is 0 Å². The van der Waals surface area contributed by atoms with Gasteiger partial charge in [0, 0.05) is 18.5 Å². The lowest BCUT2D eigenvalue weighted by Gasteiger charge is -2.45. The molecule has 0 N–H and O–H groups in total. The Balaban J connectivity index is 1.25. The zero-order chi connectivity index (χ0) is 28.3. The highest BCUT2D eigenvalue weighted by atomic mass is 16.6. The number of carbonyl (C=O) groups is 1. The van der Waals surface area contributed by atoms with Crippen LogP contribution in [-0.4, -0.2) is 46.4 Å². The molecule has 2 fully saturated rings. The van der Waals surface area contributed by atoms with E-state index in [-0.39, 0.29) is 11.5 Å². The van der Waals surface area contributed by atoms with Gasteiger partial charge in [0.1, 0.15) is 11.4 Å². The van der Waals surface area contributed by atoms with Gasteiger partial charge in [-0.3, -0.25) is 4.90 Å². The number of amides is 1. The minimum absolute atomic E-state index is 0.270. The molecule has 8 nitrogen and oxygen atoms in total. The molecule has 6 rings (SSSR count). The number of rotatable bonds is 9. The molecule has 0 bridgehead atoms. The number of aromatic nitrogens is 2. The minimum atomic E-state index is -0.577. The van der Waals surface area contributed by atoms with E-state index in [9.17, 15) is 10.1 Å². The van der Waals surface area contributed by atoms with Crippen LogP contribution in [0.5, 0.6) is 5.75 Å². The number of fused-ring (bicyclic) bond motifs is 1. The second-order valence-corrected chi connectivity index (χ2v) is 11.5. The molecule has 2 atom stereocenters. The molecule has 1 amide bonds. The van der Waals surface area contributed by atoms with Crippen LogP contribution in [0, 0.1) is 16.7 Å². The van der Waals surface area contributed by atoms with Crippen LogP contribution >= 0.6 is 0 Å². The van der Waals surface area contributed by atoms with Crippen LogP contribution in [0.2, 0.25) is 0 Å². The third kappa shape index (κ3) is 5.77. The number of methoxy groups -OCH3 is 1. The van der Waals surface area contributed by atoms with Gasteiger partial charge in [-0.05, 0) is 67.1 Å². The summed E-state index contributed by atoms with van der Waals surface area (Å²) in [5.74, 6) is 0.788. The van der Waals surface area contributed by atoms with Gasteiger partial charge in [0.2, 0.25) is 0 Å². The average molecular weight is 551 g/mol. The quantitative estimate of drug-likeness (QED) is 0.251. The maximum absolute atomic E-state index is 13.1. The van der Waals surface area contributed by atoms with Gasteiger partial charge in [-0.1, -0.05) is 42.5 Å². The molecule has 1 aromatic heterocycles. The highest BCUT2D eigenvalue weighted by Crippen LogP contribution is 2.48. The van der Waals surface area contributed by atoms with Gasteiger partial charge >= 0.3 is 6.09 Å². The second kappa shape index (κ2) is 11.3. The molecule has 8 heteroatoms. The molecule has 3 aromatic carbocycles. The van der Waals surface area contributed by atoms with Gasteiger partial charge in [-0.15, -0.1) is 0 Å². The first-order valence-electron chi connectivity index (χ1n) is 14.1. The highest BCUT2D eigenvalue weighted by Gasteiger charge is 2.53. The van der Waals surface area contributed by atoms with E-state index >= 15 is 0 Å². The Hall–Kier alpha value is -4.35. The van der Waals surface area contributed by atoms with Crippen LogP contribution in [-0.2, 0) is 29.2 Å². The Morgan fingerprint density at radius 1 is 1.05 bits per heavy atom. The van der Waals surface area contributed by atoms with E-state index in [1.807, 2.05) is 65.8 Å². The third-order valence-electron chi connectivity index (χ3n) is 8.39. The molecule has 1 saturated heterocycles. The number of nitriles is 1. The van der Waals surface area contributed by atoms with Gasteiger partial charge in [-0.2, -0.15) is 5.26 Å². The number of hydrogen-bond acceptors (Lipinski definition) is 6. The first-order valence-corrected chi connectivity index (χ1v) is 14.1. The Labute approximate surface area is 240 Å². The zero-order valence-corrected chi connectivity index (χ0v) is 23.3. The largest absolute Gasteiger partial charge is 0.497 e. The van der Waals surface area contributed by atoms with Gasteiger partial charge in [-0.25, -0.2) is 9.78 Å². The zero-order valence-electron chi connectivity index (χ0n) is 23.3. The number of hydrogen-bond donors (Lipinski definition) is 0. The smallest absolute Gasteiger partial charge is 0.410 e.